The highest BCUT2D eigenvalue weighted by Crippen LogP contribution is 2.12. The highest BCUT2D eigenvalue weighted by molar-refractivity contribution is 4.99. The van der Waals surface area contributed by atoms with Crippen molar-refractivity contribution >= 4 is 0 Å². The lowest BCUT2D eigenvalue weighted by atomic mass is 10.0. The topological polar surface area (TPSA) is 0 Å². The van der Waals surface area contributed by atoms with Crippen LogP contribution in [0.3, 0.4) is 0 Å². The fourth-order valence-corrected chi connectivity index (χ4v) is 1.12. The minimum atomic E-state index is 0.641. The first kappa shape index (κ1) is 12.2. The molecule has 74 valence electrons. The molecule has 0 aromatic carbocycles. The number of rotatable bonds is 7. The Morgan fingerprint density at radius 2 is 2.00 bits per heavy atom. The Balaban J connectivity index is 3.59. The maximum Gasteiger partial charge on any atom is -0.0262 e. The second-order valence-corrected chi connectivity index (χ2v) is 3.67. The summed E-state index contributed by atoms with van der Waals surface area (Å²) in [5.41, 5.74) is 1.50. The van der Waals surface area contributed by atoms with Crippen LogP contribution in [-0.2, 0) is 0 Å². The van der Waals surface area contributed by atoms with Gasteiger partial charge in [-0.3, -0.25) is 0 Å². The average molecular weight is 178 g/mol. The lowest BCUT2D eigenvalue weighted by Crippen LogP contribution is -1.89. The standard InChI is InChI=1S/C13H22/c1-5-7-8-9-13(4)11-10-12(3)6-2/h5-6,9,12H,1-2,7-8,10-11H2,3-4H3. The monoisotopic (exact) mass is 178 g/mol. The van der Waals surface area contributed by atoms with Crippen LogP contribution < -0.4 is 0 Å². The molecule has 0 bridgehead atoms. The van der Waals surface area contributed by atoms with E-state index in [9.17, 15) is 0 Å². The largest absolute Gasteiger partial charge is 0.103 e. The van der Waals surface area contributed by atoms with E-state index < -0.39 is 0 Å². The Hall–Kier alpha value is -0.780. The quantitative estimate of drug-likeness (QED) is 0.397. The van der Waals surface area contributed by atoms with E-state index in [1.165, 1.54) is 18.4 Å². The normalized spacial score (nSPS) is 13.8. The molecule has 1 atom stereocenters. The Morgan fingerprint density at radius 3 is 2.54 bits per heavy atom. The molecule has 0 fully saturated rings. The second kappa shape index (κ2) is 7.85. The number of allylic oxidation sites excluding steroid dienone is 4. The molecule has 0 aromatic rings. The summed E-state index contributed by atoms with van der Waals surface area (Å²) in [7, 11) is 0. The molecule has 0 radical (unpaired) electrons. The summed E-state index contributed by atoms with van der Waals surface area (Å²) in [6.07, 6.45) is 11.0. The third-order valence-corrected chi connectivity index (χ3v) is 2.26. The third-order valence-electron chi connectivity index (χ3n) is 2.26. The Morgan fingerprint density at radius 1 is 1.31 bits per heavy atom. The summed E-state index contributed by atoms with van der Waals surface area (Å²) < 4.78 is 0. The molecule has 1 unspecified atom stereocenters. The second-order valence-electron chi connectivity index (χ2n) is 3.67. The van der Waals surface area contributed by atoms with Crippen molar-refractivity contribution in [3.8, 4) is 0 Å². The molecule has 0 aliphatic heterocycles. The molecule has 0 nitrogen and oxygen atoms in total. The Labute approximate surface area is 83.0 Å². The molecule has 0 rings (SSSR count). The molecule has 0 amide bonds. The van der Waals surface area contributed by atoms with E-state index in [4.69, 9.17) is 0 Å². The molecular formula is C13H22. The van der Waals surface area contributed by atoms with Crippen molar-refractivity contribution < 1.29 is 0 Å². The summed E-state index contributed by atoms with van der Waals surface area (Å²) in [6, 6.07) is 0. The molecule has 0 aromatic heterocycles. The lowest BCUT2D eigenvalue weighted by molar-refractivity contribution is 0.644. The van der Waals surface area contributed by atoms with Crippen LogP contribution in [0.1, 0.15) is 39.5 Å². The number of unbranched alkanes of at least 4 members (excludes halogenated alkanes) is 1. The van der Waals surface area contributed by atoms with Crippen LogP contribution in [-0.4, -0.2) is 0 Å². The predicted octanol–water partition coefficient (Wildman–Crippen LogP) is 4.50. The maximum atomic E-state index is 3.78. The van der Waals surface area contributed by atoms with Gasteiger partial charge in [-0.1, -0.05) is 30.7 Å². The van der Waals surface area contributed by atoms with Gasteiger partial charge in [0.05, 0.1) is 0 Å². The summed E-state index contributed by atoms with van der Waals surface area (Å²) in [6.45, 7) is 11.9. The van der Waals surface area contributed by atoms with Gasteiger partial charge >= 0.3 is 0 Å². The van der Waals surface area contributed by atoms with Gasteiger partial charge in [-0.15, -0.1) is 13.2 Å². The minimum absolute atomic E-state index is 0.641. The summed E-state index contributed by atoms with van der Waals surface area (Å²) >= 11 is 0. The highest BCUT2D eigenvalue weighted by atomic mass is 14.0. The van der Waals surface area contributed by atoms with Crippen molar-refractivity contribution in [2.24, 2.45) is 5.92 Å². The molecule has 13 heavy (non-hydrogen) atoms. The van der Waals surface area contributed by atoms with Crippen LogP contribution in [0.4, 0.5) is 0 Å². The van der Waals surface area contributed by atoms with E-state index in [2.05, 4.69) is 33.1 Å². The smallest absolute Gasteiger partial charge is 0.0262 e. The van der Waals surface area contributed by atoms with Gasteiger partial charge in [0.15, 0.2) is 0 Å². The average Bonchev–Trinajstić information content (AvgIpc) is 2.14. The van der Waals surface area contributed by atoms with Crippen molar-refractivity contribution in [2.75, 3.05) is 0 Å². The molecule has 0 saturated carbocycles. The zero-order chi connectivity index (χ0) is 10.1. The van der Waals surface area contributed by atoms with Crippen LogP contribution in [0.5, 0.6) is 0 Å². The summed E-state index contributed by atoms with van der Waals surface area (Å²) in [5.74, 6) is 0.641. The number of hydrogen-bond acceptors (Lipinski definition) is 0. The number of hydrogen-bond donors (Lipinski definition) is 0. The maximum absolute atomic E-state index is 3.78. The van der Waals surface area contributed by atoms with Crippen LogP contribution in [0.25, 0.3) is 0 Å². The van der Waals surface area contributed by atoms with Gasteiger partial charge in [0.25, 0.3) is 0 Å². The fourth-order valence-electron chi connectivity index (χ4n) is 1.12. The van der Waals surface area contributed by atoms with E-state index in [0.717, 1.165) is 12.8 Å². The van der Waals surface area contributed by atoms with E-state index in [1.54, 1.807) is 0 Å². The Kier molecular flexibility index (Phi) is 7.38. The van der Waals surface area contributed by atoms with Gasteiger partial charge in [0.2, 0.25) is 0 Å². The van der Waals surface area contributed by atoms with E-state index in [1.807, 2.05) is 12.2 Å². The van der Waals surface area contributed by atoms with Crippen molar-refractivity contribution in [3.63, 3.8) is 0 Å². The SMILES string of the molecule is C=CCCC=C(C)CCC(C)C=C. The van der Waals surface area contributed by atoms with Crippen LogP contribution in [0.2, 0.25) is 0 Å². The van der Waals surface area contributed by atoms with Crippen LogP contribution in [0, 0.1) is 5.92 Å². The lowest BCUT2D eigenvalue weighted by Gasteiger charge is -2.05. The summed E-state index contributed by atoms with van der Waals surface area (Å²) in [5, 5.41) is 0. The van der Waals surface area contributed by atoms with Gasteiger partial charge in [0, 0.05) is 0 Å². The first-order valence-electron chi connectivity index (χ1n) is 5.09. The Bertz CT molecular complexity index is 174. The van der Waals surface area contributed by atoms with Crippen molar-refractivity contribution in [1.82, 2.24) is 0 Å². The van der Waals surface area contributed by atoms with Crippen molar-refractivity contribution in [2.45, 2.75) is 39.5 Å². The first-order chi connectivity index (χ1) is 6.20. The highest BCUT2D eigenvalue weighted by Gasteiger charge is 1.96. The van der Waals surface area contributed by atoms with Crippen molar-refractivity contribution in [3.05, 3.63) is 37.0 Å². The molecule has 0 spiro atoms. The van der Waals surface area contributed by atoms with E-state index in [-0.39, 0.29) is 0 Å². The van der Waals surface area contributed by atoms with E-state index in [0.29, 0.717) is 5.92 Å². The third kappa shape index (κ3) is 7.58. The van der Waals surface area contributed by atoms with Gasteiger partial charge in [-0.2, -0.15) is 0 Å². The molecule has 0 heteroatoms. The van der Waals surface area contributed by atoms with E-state index >= 15 is 0 Å². The van der Waals surface area contributed by atoms with Gasteiger partial charge in [-0.05, 0) is 38.5 Å². The molecule has 0 saturated heterocycles. The zero-order valence-corrected chi connectivity index (χ0v) is 9.05. The molecule has 0 N–H and O–H groups in total. The van der Waals surface area contributed by atoms with Gasteiger partial charge in [-0.25, -0.2) is 0 Å². The summed E-state index contributed by atoms with van der Waals surface area (Å²) in [4.78, 5) is 0. The van der Waals surface area contributed by atoms with Gasteiger partial charge < -0.3 is 0 Å². The molecule has 0 aliphatic carbocycles. The molecular weight excluding hydrogens is 156 g/mol. The van der Waals surface area contributed by atoms with Crippen LogP contribution in [0.15, 0.2) is 37.0 Å². The van der Waals surface area contributed by atoms with Crippen LogP contribution >= 0.6 is 0 Å². The molecule has 0 heterocycles. The van der Waals surface area contributed by atoms with Crippen molar-refractivity contribution in [1.29, 1.82) is 0 Å². The van der Waals surface area contributed by atoms with Gasteiger partial charge in [0.1, 0.15) is 0 Å². The molecule has 0 aliphatic rings. The zero-order valence-electron chi connectivity index (χ0n) is 9.05. The fraction of sp³-hybridized carbons (Fsp3) is 0.538. The first-order valence-corrected chi connectivity index (χ1v) is 5.09. The minimum Gasteiger partial charge on any atom is -0.103 e. The predicted molar refractivity (Wildman–Crippen MR) is 61.8 cm³/mol.